The molecule has 0 atom stereocenters. The number of carboxylic acids is 1. The number of carbonyl (C=O) groups is 1. The van der Waals surface area contributed by atoms with E-state index in [9.17, 15) is 9.90 Å². The molecule has 2 aliphatic rings. The Morgan fingerprint density at radius 2 is 2.25 bits per heavy atom. The zero-order chi connectivity index (χ0) is 14.1. The van der Waals surface area contributed by atoms with Crippen LogP contribution in [0.4, 0.5) is 5.69 Å². The van der Waals surface area contributed by atoms with Gasteiger partial charge in [0.2, 0.25) is 0 Å². The van der Waals surface area contributed by atoms with Crippen molar-refractivity contribution in [3.63, 3.8) is 0 Å². The van der Waals surface area contributed by atoms with Crippen LogP contribution >= 0.6 is 0 Å². The summed E-state index contributed by atoms with van der Waals surface area (Å²) in [7, 11) is 1.74. The van der Waals surface area contributed by atoms with E-state index in [0.29, 0.717) is 23.6 Å². The second-order valence-corrected chi connectivity index (χ2v) is 5.82. The number of aromatic carboxylic acids is 1. The lowest BCUT2D eigenvalue weighted by Crippen LogP contribution is -2.34. The molecule has 0 amide bonds. The van der Waals surface area contributed by atoms with Crippen molar-refractivity contribution in [1.29, 1.82) is 0 Å². The Morgan fingerprint density at radius 3 is 2.85 bits per heavy atom. The minimum absolute atomic E-state index is 0.122. The van der Waals surface area contributed by atoms with E-state index in [-0.39, 0.29) is 5.69 Å². The predicted molar refractivity (Wildman–Crippen MR) is 75.2 cm³/mol. The summed E-state index contributed by atoms with van der Waals surface area (Å²) < 4.78 is 5.25. The molecule has 0 saturated heterocycles. The van der Waals surface area contributed by atoms with Gasteiger partial charge in [0.25, 0.3) is 0 Å². The number of nitrogens with zero attached hydrogens (tertiary/aromatic N) is 1. The van der Waals surface area contributed by atoms with E-state index >= 15 is 0 Å². The van der Waals surface area contributed by atoms with Crippen LogP contribution in [-0.4, -0.2) is 35.8 Å². The number of ether oxygens (including phenoxy) is 1. The number of aromatic nitrogens is 1. The Hall–Kier alpha value is -1.62. The summed E-state index contributed by atoms with van der Waals surface area (Å²) in [5.74, 6) is 0.164. The topological polar surface area (TPSA) is 71.5 Å². The lowest BCUT2D eigenvalue weighted by molar-refractivity contribution is 0.00561. The summed E-state index contributed by atoms with van der Waals surface area (Å²) in [5, 5.41) is 12.5. The third-order valence-electron chi connectivity index (χ3n) is 4.27. The normalized spacial score (nSPS) is 25.1. The Labute approximate surface area is 118 Å². The number of rotatable bonds is 6. The Morgan fingerprint density at radius 1 is 1.50 bits per heavy atom. The molecule has 2 fully saturated rings. The highest BCUT2D eigenvalue weighted by atomic mass is 16.5. The standard InChI is InChI=1S/C15H20N2O3/c1-20-12-4-9(5-12)7-16-13-6-11(10-2-3-10)8-17-14(13)15(18)19/h6,8-10,12,16H,2-5,7H2,1H3,(H,18,19). The molecule has 0 aliphatic heterocycles. The van der Waals surface area contributed by atoms with Gasteiger partial charge in [0.15, 0.2) is 5.69 Å². The molecule has 2 aliphatic carbocycles. The van der Waals surface area contributed by atoms with Crippen molar-refractivity contribution in [2.24, 2.45) is 5.92 Å². The molecule has 20 heavy (non-hydrogen) atoms. The molecule has 1 heterocycles. The smallest absolute Gasteiger partial charge is 0.356 e. The Kier molecular flexibility index (Phi) is 3.61. The summed E-state index contributed by atoms with van der Waals surface area (Å²) >= 11 is 0. The largest absolute Gasteiger partial charge is 0.476 e. The van der Waals surface area contributed by atoms with Crippen molar-refractivity contribution in [3.8, 4) is 0 Å². The SMILES string of the molecule is COC1CC(CNc2cc(C3CC3)cnc2C(=O)O)C1. The maximum Gasteiger partial charge on any atom is 0.356 e. The zero-order valence-corrected chi connectivity index (χ0v) is 11.6. The molecular weight excluding hydrogens is 256 g/mol. The number of hydrogen-bond acceptors (Lipinski definition) is 4. The molecule has 0 aromatic carbocycles. The summed E-state index contributed by atoms with van der Waals surface area (Å²) in [6, 6.07) is 1.96. The fourth-order valence-corrected chi connectivity index (χ4v) is 2.71. The third-order valence-corrected chi connectivity index (χ3v) is 4.27. The van der Waals surface area contributed by atoms with E-state index in [2.05, 4.69) is 10.3 Å². The minimum Gasteiger partial charge on any atom is -0.476 e. The molecule has 1 aromatic heterocycles. The first kappa shape index (κ1) is 13.4. The van der Waals surface area contributed by atoms with Gasteiger partial charge in [0.05, 0.1) is 11.8 Å². The Bertz CT molecular complexity index is 508. The highest BCUT2D eigenvalue weighted by Gasteiger charge is 2.29. The number of carboxylic acid groups (broad SMARTS) is 1. The molecule has 2 N–H and O–H groups in total. The van der Waals surface area contributed by atoms with E-state index < -0.39 is 5.97 Å². The molecule has 108 valence electrons. The molecule has 3 rings (SSSR count). The van der Waals surface area contributed by atoms with Crippen LogP contribution in [0.1, 0.15) is 47.7 Å². The molecule has 5 nitrogen and oxygen atoms in total. The van der Waals surface area contributed by atoms with E-state index in [1.54, 1.807) is 13.3 Å². The van der Waals surface area contributed by atoms with E-state index in [1.165, 1.54) is 12.8 Å². The molecule has 1 aromatic rings. The first-order valence-corrected chi connectivity index (χ1v) is 7.17. The van der Waals surface area contributed by atoms with Crippen LogP contribution in [0.25, 0.3) is 0 Å². The number of hydrogen-bond donors (Lipinski definition) is 2. The van der Waals surface area contributed by atoms with Crippen molar-refractivity contribution in [2.75, 3.05) is 19.0 Å². The summed E-state index contributed by atoms with van der Waals surface area (Å²) in [5.41, 5.74) is 1.93. The molecule has 5 heteroatoms. The van der Waals surface area contributed by atoms with Gasteiger partial charge in [-0.05, 0) is 49.1 Å². The van der Waals surface area contributed by atoms with Crippen molar-refractivity contribution in [1.82, 2.24) is 4.98 Å². The van der Waals surface area contributed by atoms with Gasteiger partial charge in [0.1, 0.15) is 0 Å². The van der Waals surface area contributed by atoms with Gasteiger partial charge in [-0.15, -0.1) is 0 Å². The van der Waals surface area contributed by atoms with Gasteiger partial charge in [-0.3, -0.25) is 0 Å². The van der Waals surface area contributed by atoms with Crippen molar-refractivity contribution < 1.29 is 14.6 Å². The minimum atomic E-state index is -0.974. The van der Waals surface area contributed by atoms with Gasteiger partial charge in [-0.2, -0.15) is 0 Å². The summed E-state index contributed by atoms with van der Waals surface area (Å²) in [6.07, 6.45) is 6.54. The first-order chi connectivity index (χ1) is 9.67. The van der Waals surface area contributed by atoms with E-state index in [4.69, 9.17) is 4.74 Å². The third kappa shape index (κ3) is 2.77. The van der Waals surface area contributed by atoms with Gasteiger partial charge < -0.3 is 15.2 Å². The van der Waals surface area contributed by atoms with Gasteiger partial charge in [-0.25, -0.2) is 9.78 Å². The molecule has 2 saturated carbocycles. The quantitative estimate of drug-likeness (QED) is 0.835. The van der Waals surface area contributed by atoms with E-state index in [1.807, 2.05) is 6.07 Å². The van der Waals surface area contributed by atoms with Gasteiger partial charge in [0, 0.05) is 19.9 Å². The lowest BCUT2D eigenvalue weighted by Gasteiger charge is -2.34. The average Bonchev–Trinajstić information content (AvgIpc) is 3.21. The van der Waals surface area contributed by atoms with Crippen LogP contribution in [0.5, 0.6) is 0 Å². The average molecular weight is 276 g/mol. The molecule has 0 unspecified atom stereocenters. The highest BCUT2D eigenvalue weighted by molar-refractivity contribution is 5.92. The summed E-state index contributed by atoms with van der Waals surface area (Å²) in [4.78, 5) is 15.3. The van der Waals surface area contributed by atoms with E-state index in [0.717, 1.165) is 24.9 Å². The van der Waals surface area contributed by atoms with Crippen LogP contribution in [0.3, 0.4) is 0 Å². The maximum absolute atomic E-state index is 11.2. The highest BCUT2D eigenvalue weighted by Crippen LogP contribution is 2.41. The fourth-order valence-electron chi connectivity index (χ4n) is 2.71. The van der Waals surface area contributed by atoms with Crippen LogP contribution in [0, 0.1) is 5.92 Å². The number of anilines is 1. The second-order valence-electron chi connectivity index (χ2n) is 5.82. The zero-order valence-electron chi connectivity index (χ0n) is 11.6. The van der Waals surface area contributed by atoms with Crippen molar-refractivity contribution in [2.45, 2.75) is 37.7 Å². The van der Waals surface area contributed by atoms with Crippen molar-refractivity contribution in [3.05, 3.63) is 23.5 Å². The molecule has 0 bridgehead atoms. The number of methoxy groups -OCH3 is 1. The molecule has 0 spiro atoms. The molecule has 0 radical (unpaired) electrons. The van der Waals surface area contributed by atoms with Gasteiger partial charge in [-0.1, -0.05) is 0 Å². The predicted octanol–water partition coefficient (Wildman–Crippen LogP) is 2.49. The maximum atomic E-state index is 11.2. The van der Waals surface area contributed by atoms with Crippen LogP contribution in [-0.2, 0) is 4.74 Å². The fraction of sp³-hybridized carbons (Fsp3) is 0.600. The lowest BCUT2D eigenvalue weighted by atomic mass is 9.82. The second kappa shape index (κ2) is 5.40. The Balaban J connectivity index is 1.66. The van der Waals surface area contributed by atoms with Crippen molar-refractivity contribution >= 4 is 11.7 Å². The number of pyridine rings is 1. The monoisotopic (exact) mass is 276 g/mol. The van der Waals surface area contributed by atoms with Crippen LogP contribution in [0.15, 0.2) is 12.3 Å². The first-order valence-electron chi connectivity index (χ1n) is 7.17. The summed E-state index contributed by atoms with van der Waals surface area (Å²) in [6.45, 7) is 0.788. The molecular formula is C15H20N2O3. The number of nitrogens with one attached hydrogen (secondary N) is 1. The van der Waals surface area contributed by atoms with Crippen LogP contribution < -0.4 is 5.32 Å². The van der Waals surface area contributed by atoms with Gasteiger partial charge >= 0.3 is 5.97 Å². The van der Waals surface area contributed by atoms with Crippen LogP contribution in [0.2, 0.25) is 0 Å².